The lowest BCUT2D eigenvalue weighted by molar-refractivity contribution is 0.601. The Balaban J connectivity index is 1.65. The van der Waals surface area contributed by atoms with Gasteiger partial charge in [0.25, 0.3) is 10.0 Å². The van der Waals surface area contributed by atoms with E-state index in [0.717, 1.165) is 16.8 Å². The molecule has 140 valence electrons. The summed E-state index contributed by atoms with van der Waals surface area (Å²) in [6.07, 6.45) is 1.54. The summed E-state index contributed by atoms with van der Waals surface area (Å²) >= 11 is 6.55. The molecule has 0 saturated carbocycles. The fourth-order valence-corrected chi connectivity index (χ4v) is 4.53. The van der Waals surface area contributed by atoms with Crippen LogP contribution in [0.15, 0.2) is 58.9 Å². The topological polar surface area (TPSA) is 83.1 Å². The van der Waals surface area contributed by atoms with Crippen LogP contribution in [0.2, 0.25) is 0 Å². The van der Waals surface area contributed by atoms with E-state index in [-0.39, 0.29) is 4.90 Å². The standard InChI is InChI=1S/C18H18N4O2S3/c1-12-9-13(2)11-15(10-12)21-17(25)20-14-3-5-16(6-4-14)27(23,24)22-18-19-7-8-26-18/h3-11H,1-2H3,(H,19,22)(H2,20,21,25). The lowest BCUT2D eigenvalue weighted by Gasteiger charge is -2.12. The Labute approximate surface area is 167 Å². The van der Waals surface area contributed by atoms with Crippen molar-refractivity contribution in [3.63, 3.8) is 0 Å². The average molecular weight is 419 g/mol. The van der Waals surface area contributed by atoms with E-state index >= 15 is 0 Å². The molecule has 0 spiro atoms. The van der Waals surface area contributed by atoms with Gasteiger partial charge in [0.15, 0.2) is 10.2 Å². The molecule has 0 atom stereocenters. The van der Waals surface area contributed by atoms with E-state index in [1.807, 2.05) is 26.0 Å². The summed E-state index contributed by atoms with van der Waals surface area (Å²) in [6.45, 7) is 4.04. The number of nitrogens with one attached hydrogen (secondary N) is 3. The van der Waals surface area contributed by atoms with Crippen LogP contribution in [0.1, 0.15) is 11.1 Å². The van der Waals surface area contributed by atoms with E-state index in [2.05, 4.69) is 26.4 Å². The molecule has 0 saturated heterocycles. The van der Waals surface area contributed by atoms with Crippen LogP contribution in [0.4, 0.5) is 16.5 Å². The molecule has 3 rings (SSSR count). The third kappa shape index (κ3) is 5.25. The first-order chi connectivity index (χ1) is 12.8. The molecule has 3 aromatic rings. The van der Waals surface area contributed by atoms with Gasteiger partial charge in [0.05, 0.1) is 4.90 Å². The van der Waals surface area contributed by atoms with Gasteiger partial charge in [-0.25, -0.2) is 13.4 Å². The Hall–Kier alpha value is -2.49. The van der Waals surface area contributed by atoms with Crippen LogP contribution in [0.25, 0.3) is 0 Å². The zero-order chi connectivity index (χ0) is 19.4. The SMILES string of the molecule is Cc1cc(C)cc(NC(=S)Nc2ccc(S(=O)(=O)Nc3nccs3)cc2)c1. The van der Waals surface area contributed by atoms with Gasteiger partial charge in [-0.2, -0.15) is 0 Å². The Morgan fingerprint density at radius 1 is 1.00 bits per heavy atom. The Kier molecular flexibility index (Phi) is 5.73. The second kappa shape index (κ2) is 8.03. The third-order valence-corrected chi connectivity index (χ3v) is 5.93. The van der Waals surface area contributed by atoms with Crippen molar-refractivity contribution in [2.75, 3.05) is 15.4 Å². The molecule has 0 aliphatic heterocycles. The van der Waals surface area contributed by atoms with Crippen molar-refractivity contribution in [1.82, 2.24) is 4.98 Å². The summed E-state index contributed by atoms with van der Waals surface area (Å²) in [6, 6.07) is 12.4. The molecule has 0 fully saturated rings. The second-order valence-corrected chi connectivity index (χ2v) is 8.91. The summed E-state index contributed by atoms with van der Waals surface area (Å²) in [4.78, 5) is 4.08. The molecule has 6 nitrogen and oxygen atoms in total. The first-order valence-electron chi connectivity index (χ1n) is 8.00. The Morgan fingerprint density at radius 2 is 1.63 bits per heavy atom. The van der Waals surface area contributed by atoms with Gasteiger partial charge in [-0.05, 0) is 73.6 Å². The van der Waals surface area contributed by atoms with Crippen LogP contribution >= 0.6 is 23.6 Å². The minimum Gasteiger partial charge on any atom is -0.332 e. The number of rotatable bonds is 5. The molecule has 0 radical (unpaired) electrons. The minimum atomic E-state index is -3.66. The van der Waals surface area contributed by atoms with Gasteiger partial charge >= 0.3 is 0 Å². The van der Waals surface area contributed by atoms with E-state index in [1.54, 1.807) is 23.7 Å². The highest BCUT2D eigenvalue weighted by Crippen LogP contribution is 2.20. The first-order valence-corrected chi connectivity index (χ1v) is 10.8. The molecule has 0 aliphatic carbocycles. The quantitative estimate of drug-likeness (QED) is 0.534. The number of nitrogens with zero attached hydrogens (tertiary/aromatic N) is 1. The van der Waals surface area contributed by atoms with Crippen molar-refractivity contribution in [3.8, 4) is 0 Å². The van der Waals surface area contributed by atoms with Crippen LogP contribution in [-0.2, 0) is 10.0 Å². The maximum Gasteiger partial charge on any atom is 0.263 e. The number of hydrogen-bond acceptors (Lipinski definition) is 5. The number of aromatic nitrogens is 1. The first kappa shape index (κ1) is 19.3. The zero-order valence-corrected chi connectivity index (χ0v) is 17.1. The summed E-state index contributed by atoms with van der Waals surface area (Å²) in [5.41, 5.74) is 3.87. The van der Waals surface area contributed by atoms with Gasteiger partial charge in [0.1, 0.15) is 0 Å². The number of sulfonamides is 1. The summed E-state index contributed by atoms with van der Waals surface area (Å²) in [5, 5.41) is 8.64. The minimum absolute atomic E-state index is 0.149. The number of thiazole rings is 1. The fraction of sp³-hybridized carbons (Fsp3) is 0.111. The molecule has 0 aliphatic rings. The van der Waals surface area contributed by atoms with Crippen molar-refractivity contribution < 1.29 is 8.42 Å². The van der Waals surface area contributed by atoms with Crippen LogP contribution in [0.5, 0.6) is 0 Å². The molecule has 3 N–H and O–H groups in total. The van der Waals surface area contributed by atoms with E-state index < -0.39 is 10.0 Å². The molecule has 0 amide bonds. The van der Waals surface area contributed by atoms with Crippen LogP contribution in [-0.4, -0.2) is 18.5 Å². The van der Waals surface area contributed by atoms with Crippen LogP contribution in [0.3, 0.4) is 0 Å². The maximum absolute atomic E-state index is 12.3. The molecule has 2 aromatic carbocycles. The third-order valence-electron chi connectivity index (χ3n) is 3.56. The lowest BCUT2D eigenvalue weighted by Crippen LogP contribution is -2.19. The van der Waals surface area contributed by atoms with Gasteiger partial charge in [0, 0.05) is 23.0 Å². The van der Waals surface area contributed by atoms with Crippen molar-refractivity contribution in [2.24, 2.45) is 0 Å². The van der Waals surface area contributed by atoms with Gasteiger partial charge in [0.2, 0.25) is 0 Å². The zero-order valence-electron chi connectivity index (χ0n) is 14.7. The molecule has 9 heteroatoms. The fourth-order valence-electron chi connectivity index (χ4n) is 2.51. The van der Waals surface area contributed by atoms with Crippen molar-refractivity contribution in [1.29, 1.82) is 0 Å². The Morgan fingerprint density at radius 3 is 2.22 bits per heavy atom. The van der Waals surface area contributed by atoms with E-state index in [1.165, 1.54) is 23.5 Å². The monoisotopic (exact) mass is 418 g/mol. The number of hydrogen-bond donors (Lipinski definition) is 3. The van der Waals surface area contributed by atoms with Gasteiger partial charge in [-0.15, -0.1) is 11.3 Å². The highest BCUT2D eigenvalue weighted by molar-refractivity contribution is 7.93. The summed E-state index contributed by atoms with van der Waals surface area (Å²) in [7, 11) is -3.66. The number of benzene rings is 2. The number of aryl methyl sites for hydroxylation is 2. The van der Waals surface area contributed by atoms with Gasteiger partial charge < -0.3 is 10.6 Å². The van der Waals surface area contributed by atoms with Crippen LogP contribution < -0.4 is 15.4 Å². The van der Waals surface area contributed by atoms with E-state index in [0.29, 0.717) is 15.9 Å². The normalized spacial score (nSPS) is 11.0. The predicted octanol–water partition coefficient (Wildman–Crippen LogP) is 4.37. The molecule has 27 heavy (non-hydrogen) atoms. The maximum atomic E-state index is 12.3. The van der Waals surface area contributed by atoms with E-state index in [9.17, 15) is 8.42 Å². The van der Waals surface area contributed by atoms with Gasteiger partial charge in [-0.1, -0.05) is 6.07 Å². The number of anilines is 3. The average Bonchev–Trinajstić information content (AvgIpc) is 3.06. The van der Waals surface area contributed by atoms with Crippen LogP contribution in [0, 0.1) is 13.8 Å². The molecule has 0 unspecified atom stereocenters. The largest absolute Gasteiger partial charge is 0.332 e. The van der Waals surface area contributed by atoms with Gasteiger partial charge in [-0.3, -0.25) is 4.72 Å². The second-order valence-electron chi connectivity index (χ2n) is 5.92. The van der Waals surface area contributed by atoms with Crippen molar-refractivity contribution >= 4 is 55.2 Å². The lowest BCUT2D eigenvalue weighted by atomic mass is 10.1. The number of thiocarbonyl (C=S) groups is 1. The van der Waals surface area contributed by atoms with E-state index in [4.69, 9.17) is 12.2 Å². The molecular weight excluding hydrogens is 400 g/mol. The van der Waals surface area contributed by atoms with Crippen molar-refractivity contribution in [2.45, 2.75) is 18.7 Å². The summed E-state index contributed by atoms with van der Waals surface area (Å²) in [5.74, 6) is 0. The molecule has 1 aromatic heterocycles. The molecule has 0 bridgehead atoms. The molecule has 1 heterocycles. The highest BCUT2D eigenvalue weighted by Gasteiger charge is 2.15. The highest BCUT2D eigenvalue weighted by atomic mass is 32.2. The molecular formula is C18H18N4O2S3. The summed E-state index contributed by atoms with van der Waals surface area (Å²) < 4.78 is 27.1. The predicted molar refractivity (Wildman–Crippen MR) is 115 cm³/mol. The smallest absolute Gasteiger partial charge is 0.263 e. The Bertz CT molecular complexity index is 1030. The van der Waals surface area contributed by atoms with Crippen molar-refractivity contribution in [3.05, 3.63) is 65.2 Å².